The molecule has 19 heavy (non-hydrogen) atoms. The lowest BCUT2D eigenvalue weighted by molar-refractivity contribution is 0.0560. The number of rotatable bonds is 2. The Balaban J connectivity index is 1.70. The van der Waals surface area contributed by atoms with Crippen molar-refractivity contribution in [2.24, 2.45) is 17.8 Å². The quantitative estimate of drug-likeness (QED) is 0.823. The SMILES string of the molecule is CC1CCC(C(C)C)C(N2CCC3CCC(C2)N3)C1. The second kappa shape index (κ2) is 5.73. The van der Waals surface area contributed by atoms with Crippen LogP contribution in [0.2, 0.25) is 0 Å². The minimum Gasteiger partial charge on any atom is -0.310 e. The third-order valence-corrected chi connectivity index (χ3v) is 6.01. The average molecular weight is 264 g/mol. The second-order valence-corrected chi connectivity index (χ2v) is 7.81. The molecule has 2 heterocycles. The highest BCUT2D eigenvalue weighted by molar-refractivity contribution is 4.94. The van der Waals surface area contributed by atoms with Gasteiger partial charge in [-0.15, -0.1) is 0 Å². The van der Waals surface area contributed by atoms with Crippen molar-refractivity contribution >= 4 is 0 Å². The molecule has 0 aromatic carbocycles. The van der Waals surface area contributed by atoms with Gasteiger partial charge in [-0.2, -0.15) is 0 Å². The summed E-state index contributed by atoms with van der Waals surface area (Å²) in [5.41, 5.74) is 0. The molecular formula is C17H32N2. The predicted molar refractivity (Wildman–Crippen MR) is 81.3 cm³/mol. The first kappa shape index (κ1) is 13.9. The molecule has 1 aliphatic carbocycles. The largest absolute Gasteiger partial charge is 0.310 e. The number of hydrogen-bond donors (Lipinski definition) is 1. The van der Waals surface area contributed by atoms with E-state index in [2.05, 4.69) is 31.0 Å². The Hall–Kier alpha value is -0.0800. The van der Waals surface area contributed by atoms with Crippen LogP contribution in [-0.4, -0.2) is 36.1 Å². The molecule has 2 saturated heterocycles. The van der Waals surface area contributed by atoms with E-state index in [9.17, 15) is 0 Å². The molecule has 1 saturated carbocycles. The lowest BCUT2D eigenvalue weighted by Gasteiger charge is -2.44. The predicted octanol–water partition coefficient (Wildman–Crippen LogP) is 3.27. The van der Waals surface area contributed by atoms with Gasteiger partial charge in [0.05, 0.1) is 0 Å². The monoisotopic (exact) mass is 264 g/mol. The third-order valence-electron chi connectivity index (χ3n) is 6.01. The van der Waals surface area contributed by atoms with Gasteiger partial charge >= 0.3 is 0 Å². The van der Waals surface area contributed by atoms with Gasteiger partial charge in [0.25, 0.3) is 0 Å². The molecule has 5 unspecified atom stereocenters. The molecule has 0 radical (unpaired) electrons. The summed E-state index contributed by atoms with van der Waals surface area (Å²) in [7, 11) is 0. The van der Waals surface area contributed by atoms with E-state index in [1.54, 1.807) is 0 Å². The van der Waals surface area contributed by atoms with E-state index in [0.717, 1.165) is 35.9 Å². The third kappa shape index (κ3) is 3.00. The summed E-state index contributed by atoms with van der Waals surface area (Å²) in [6, 6.07) is 2.48. The van der Waals surface area contributed by atoms with Crippen LogP contribution >= 0.6 is 0 Å². The number of nitrogens with one attached hydrogen (secondary N) is 1. The Kier molecular flexibility index (Phi) is 4.19. The smallest absolute Gasteiger partial charge is 0.0198 e. The van der Waals surface area contributed by atoms with Crippen LogP contribution in [0.1, 0.15) is 59.3 Å². The topological polar surface area (TPSA) is 15.3 Å². The molecular weight excluding hydrogens is 232 g/mol. The Labute approximate surface area is 119 Å². The number of nitrogens with zero attached hydrogens (tertiary/aromatic N) is 1. The normalized spacial score (nSPS) is 44.5. The minimum absolute atomic E-state index is 0.789. The van der Waals surface area contributed by atoms with Crippen molar-refractivity contribution in [1.82, 2.24) is 10.2 Å². The van der Waals surface area contributed by atoms with Gasteiger partial charge in [0, 0.05) is 24.7 Å². The maximum Gasteiger partial charge on any atom is 0.0198 e. The summed E-state index contributed by atoms with van der Waals surface area (Å²) in [5, 5.41) is 3.84. The van der Waals surface area contributed by atoms with Crippen molar-refractivity contribution in [3.63, 3.8) is 0 Å². The van der Waals surface area contributed by atoms with E-state index in [0.29, 0.717) is 0 Å². The summed E-state index contributed by atoms with van der Waals surface area (Å²) < 4.78 is 0. The highest BCUT2D eigenvalue weighted by atomic mass is 15.2. The Morgan fingerprint density at radius 2 is 1.79 bits per heavy atom. The molecule has 1 N–H and O–H groups in total. The van der Waals surface area contributed by atoms with Gasteiger partial charge < -0.3 is 5.32 Å². The van der Waals surface area contributed by atoms with Crippen molar-refractivity contribution in [3.8, 4) is 0 Å². The molecule has 2 aliphatic heterocycles. The molecule has 0 aromatic rings. The highest BCUT2D eigenvalue weighted by Crippen LogP contribution is 2.37. The second-order valence-electron chi connectivity index (χ2n) is 7.81. The molecule has 3 rings (SSSR count). The van der Waals surface area contributed by atoms with E-state index in [1.165, 1.54) is 51.6 Å². The van der Waals surface area contributed by atoms with E-state index in [4.69, 9.17) is 0 Å². The van der Waals surface area contributed by atoms with Crippen molar-refractivity contribution < 1.29 is 0 Å². The van der Waals surface area contributed by atoms with Crippen LogP contribution in [0, 0.1) is 17.8 Å². The molecule has 3 fully saturated rings. The summed E-state index contributed by atoms with van der Waals surface area (Å²) in [6.07, 6.45) is 8.58. The first-order valence-electron chi connectivity index (χ1n) is 8.63. The van der Waals surface area contributed by atoms with Crippen LogP contribution in [0.25, 0.3) is 0 Å². The van der Waals surface area contributed by atoms with Crippen LogP contribution in [0.4, 0.5) is 0 Å². The fourth-order valence-corrected chi connectivity index (χ4v) is 4.84. The maximum absolute atomic E-state index is 3.84. The average Bonchev–Trinajstić information content (AvgIpc) is 2.68. The van der Waals surface area contributed by atoms with Gasteiger partial charge in [0.1, 0.15) is 0 Å². The summed E-state index contributed by atoms with van der Waals surface area (Å²) in [4.78, 5) is 2.87. The molecule has 3 aliphatic rings. The Bertz CT molecular complexity index is 302. The number of fused-ring (bicyclic) bond motifs is 2. The first-order chi connectivity index (χ1) is 9.13. The lowest BCUT2D eigenvalue weighted by atomic mass is 9.73. The molecule has 2 bridgehead atoms. The van der Waals surface area contributed by atoms with Crippen molar-refractivity contribution in [2.45, 2.75) is 77.4 Å². The van der Waals surface area contributed by atoms with Crippen molar-refractivity contribution in [1.29, 1.82) is 0 Å². The Morgan fingerprint density at radius 3 is 2.58 bits per heavy atom. The van der Waals surface area contributed by atoms with E-state index in [1.807, 2.05) is 0 Å². The van der Waals surface area contributed by atoms with Gasteiger partial charge in [0.15, 0.2) is 0 Å². The van der Waals surface area contributed by atoms with Gasteiger partial charge in [-0.25, -0.2) is 0 Å². The fraction of sp³-hybridized carbons (Fsp3) is 1.00. The van der Waals surface area contributed by atoms with Crippen LogP contribution in [-0.2, 0) is 0 Å². The minimum atomic E-state index is 0.789. The molecule has 2 nitrogen and oxygen atoms in total. The molecule has 0 spiro atoms. The zero-order valence-corrected chi connectivity index (χ0v) is 13.1. The van der Waals surface area contributed by atoms with E-state index < -0.39 is 0 Å². The molecule has 5 atom stereocenters. The van der Waals surface area contributed by atoms with Gasteiger partial charge in [-0.3, -0.25) is 4.90 Å². The van der Waals surface area contributed by atoms with Crippen molar-refractivity contribution in [2.75, 3.05) is 13.1 Å². The standard InChI is InChI=1S/C17H32N2/c1-12(2)16-7-4-13(3)10-17(16)19-9-8-14-5-6-15(11-19)18-14/h12-18H,4-11H2,1-3H3. The Morgan fingerprint density at radius 1 is 1.00 bits per heavy atom. The zero-order chi connectivity index (χ0) is 13.4. The molecule has 0 aromatic heterocycles. The number of hydrogen-bond acceptors (Lipinski definition) is 2. The number of likely N-dealkylation sites (tertiary alicyclic amines) is 1. The van der Waals surface area contributed by atoms with Gasteiger partial charge in [0.2, 0.25) is 0 Å². The zero-order valence-electron chi connectivity index (χ0n) is 13.1. The molecule has 110 valence electrons. The van der Waals surface area contributed by atoms with Crippen LogP contribution < -0.4 is 5.32 Å². The summed E-state index contributed by atoms with van der Waals surface area (Å²) >= 11 is 0. The van der Waals surface area contributed by atoms with E-state index in [-0.39, 0.29) is 0 Å². The fourth-order valence-electron chi connectivity index (χ4n) is 4.84. The molecule has 2 heteroatoms. The van der Waals surface area contributed by atoms with Crippen LogP contribution in [0.5, 0.6) is 0 Å². The molecule has 0 amide bonds. The van der Waals surface area contributed by atoms with Crippen LogP contribution in [0.15, 0.2) is 0 Å². The lowest BCUT2D eigenvalue weighted by Crippen LogP contribution is -2.49. The summed E-state index contributed by atoms with van der Waals surface area (Å²) in [5.74, 6) is 2.73. The van der Waals surface area contributed by atoms with Crippen LogP contribution in [0.3, 0.4) is 0 Å². The van der Waals surface area contributed by atoms with Gasteiger partial charge in [-0.05, 0) is 56.4 Å². The summed E-state index contributed by atoms with van der Waals surface area (Å²) in [6.45, 7) is 10.0. The maximum atomic E-state index is 3.84. The first-order valence-corrected chi connectivity index (χ1v) is 8.63. The van der Waals surface area contributed by atoms with Gasteiger partial charge in [-0.1, -0.05) is 27.2 Å². The van der Waals surface area contributed by atoms with Crippen molar-refractivity contribution in [3.05, 3.63) is 0 Å². The van der Waals surface area contributed by atoms with E-state index >= 15 is 0 Å². The highest BCUT2D eigenvalue weighted by Gasteiger charge is 2.38.